The summed E-state index contributed by atoms with van der Waals surface area (Å²) in [4.78, 5) is 0. The van der Waals surface area contributed by atoms with Crippen LogP contribution in [0.15, 0.2) is 24.3 Å². The molecule has 0 aromatic heterocycles. The third kappa shape index (κ3) is 2.99. The Bertz CT molecular complexity index is 376. The van der Waals surface area contributed by atoms with Crippen molar-refractivity contribution in [2.24, 2.45) is 5.73 Å². The minimum absolute atomic E-state index is 0.274. The Morgan fingerprint density at radius 2 is 2.24 bits per heavy atom. The van der Waals surface area contributed by atoms with Gasteiger partial charge in [0, 0.05) is 12.6 Å². The Hall–Kier alpha value is -1.06. The van der Waals surface area contributed by atoms with Crippen LogP contribution in [0.3, 0.4) is 0 Å². The number of para-hydroxylation sites is 1. The third-order valence-electron chi connectivity index (χ3n) is 3.27. The van der Waals surface area contributed by atoms with Crippen LogP contribution in [0.1, 0.15) is 31.2 Å². The number of nitrogens with two attached hydrogens (primary N) is 1. The van der Waals surface area contributed by atoms with Crippen LogP contribution in [0.5, 0.6) is 5.75 Å². The first-order valence-electron chi connectivity index (χ1n) is 6.12. The topological polar surface area (TPSA) is 44.5 Å². The number of methoxy groups -OCH3 is 1. The van der Waals surface area contributed by atoms with Crippen molar-refractivity contribution in [3.05, 3.63) is 29.8 Å². The fourth-order valence-electron chi connectivity index (χ4n) is 2.58. The van der Waals surface area contributed by atoms with Crippen molar-refractivity contribution in [2.45, 2.75) is 31.2 Å². The third-order valence-corrected chi connectivity index (χ3v) is 3.27. The van der Waals surface area contributed by atoms with Crippen LogP contribution in [0, 0.1) is 0 Å². The highest BCUT2D eigenvalue weighted by atomic mass is 16.5. The van der Waals surface area contributed by atoms with Gasteiger partial charge in [-0.1, -0.05) is 18.2 Å². The summed E-state index contributed by atoms with van der Waals surface area (Å²) < 4.78 is 10.8. The predicted molar refractivity (Wildman–Crippen MR) is 68.4 cm³/mol. The molecule has 3 heteroatoms. The molecule has 1 aliphatic heterocycles. The molecule has 94 valence electrons. The van der Waals surface area contributed by atoms with Gasteiger partial charge in [-0.3, -0.25) is 0 Å². The van der Waals surface area contributed by atoms with Crippen LogP contribution in [0.2, 0.25) is 0 Å². The molecule has 0 radical (unpaired) electrons. The Balaban J connectivity index is 2.13. The fraction of sp³-hybridized carbons (Fsp3) is 0.571. The summed E-state index contributed by atoms with van der Waals surface area (Å²) in [7, 11) is 1.70. The summed E-state index contributed by atoms with van der Waals surface area (Å²) in [5, 5.41) is 0. The Morgan fingerprint density at radius 1 is 1.47 bits per heavy atom. The quantitative estimate of drug-likeness (QED) is 0.871. The van der Waals surface area contributed by atoms with Gasteiger partial charge in [0.25, 0.3) is 0 Å². The van der Waals surface area contributed by atoms with Gasteiger partial charge in [-0.25, -0.2) is 0 Å². The van der Waals surface area contributed by atoms with E-state index in [9.17, 15) is 0 Å². The lowest BCUT2D eigenvalue weighted by Gasteiger charge is -2.32. The van der Waals surface area contributed by atoms with E-state index < -0.39 is 0 Å². The van der Waals surface area contributed by atoms with Gasteiger partial charge < -0.3 is 15.2 Å². The van der Waals surface area contributed by atoms with Crippen molar-refractivity contribution >= 4 is 0 Å². The molecular weight excluding hydrogens is 214 g/mol. The summed E-state index contributed by atoms with van der Waals surface area (Å²) in [5.74, 6) is 1.49. The zero-order chi connectivity index (χ0) is 12.3. The summed E-state index contributed by atoms with van der Waals surface area (Å²) in [6.45, 7) is 3.42. The van der Waals surface area contributed by atoms with E-state index in [0.29, 0.717) is 12.5 Å². The number of ether oxygens (including phenoxy) is 2. The van der Waals surface area contributed by atoms with Gasteiger partial charge in [0.1, 0.15) is 5.75 Å². The van der Waals surface area contributed by atoms with Gasteiger partial charge in [-0.05, 0) is 37.3 Å². The van der Waals surface area contributed by atoms with Crippen molar-refractivity contribution < 1.29 is 9.47 Å². The highest BCUT2D eigenvalue weighted by Gasteiger charge is 2.28. The van der Waals surface area contributed by atoms with E-state index in [1.807, 2.05) is 12.1 Å². The lowest BCUT2D eigenvalue weighted by Crippen LogP contribution is -2.42. The van der Waals surface area contributed by atoms with Gasteiger partial charge in [-0.2, -0.15) is 0 Å². The first-order chi connectivity index (χ1) is 8.12. The van der Waals surface area contributed by atoms with Crippen molar-refractivity contribution in [1.82, 2.24) is 0 Å². The number of rotatable bonds is 4. The number of benzene rings is 1. The molecule has 1 heterocycles. The summed E-state index contributed by atoms with van der Waals surface area (Å²) in [6.07, 6.45) is 1.97. The van der Waals surface area contributed by atoms with Crippen molar-refractivity contribution in [2.75, 3.05) is 20.3 Å². The normalized spacial score (nSPS) is 22.4. The molecule has 1 aliphatic rings. The summed E-state index contributed by atoms with van der Waals surface area (Å²) >= 11 is 0. The molecule has 2 atom stereocenters. The van der Waals surface area contributed by atoms with Crippen LogP contribution in [0.4, 0.5) is 0 Å². The molecular formula is C14H21NO2. The molecule has 0 fully saturated rings. The molecule has 1 aromatic rings. The van der Waals surface area contributed by atoms with E-state index in [-0.39, 0.29) is 5.54 Å². The predicted octanol–water partition coefficient (Wildman–Crippen LogP) is 2.31. The van der Waals surface area contributed by atoms with Gasteiger partial charge in [0.15, 0.2) is 0 Å². The minimum Gasteiger partial charge on any atom is -0.493 e. The van der Waals surface area contributed by atoms with Crippen LogP contribution >= 0.6 is 0 Å². The zero-order valence-electron chi connectivity index (χ0n) is 10.6. The molecule has 2 rings (SSSR count). The summed E-state index contributed by atoms with van der Waals surface area (Å²) in [6, 6.07) is 8.25. The largest absolute Gasteiger partial charge is 0.493 e. The first-order valence-corrected chi connectivity index (χ1v) is 6.12. The van der Waals surface area contributed by atoms with Crippen LogP contribution in [-0.4, -0.2) is 25.9 Å². The fourth-order valence-corrected chi connectivity index (χ4v) is 2.58. The van der Waals surface area contributed by atoms with Crippen molar-refractivity contribution in [3.63, 3.8) is 0 Å². The zero-order valence-corrected chi connectivity index (χ0v) is 10.6. The molecule has 17 heavy (non-hydrogen) atoms. The summed E-state index contributed by atoms with van der Waals surface area (Å²) in [5.41, 5.74) is 7.26. The standard InChI is InChI=1S/C14H21NO2/c1-14(15,10-16-2)9-11-7-8-17-13-6-4-3-5-12(11)13/h3-6,11H,7-10,15H2,1-2H3. The number of hydrogen-bond acceptors (Lipinski definition) is 3. The van der Waals surface area contributed by atoms with Crippen molar-refractivity contribution in [1.29, 1.82) is 0 Å². The Labute approximate surface area is 103 Å². The molecule has 0 aliphatic carbocycles. The van der Waals surface area contributed by atoms with E-state index in [0.717, 1.165) is 25.2 Å². The first kappa shape index (κ1) is 12.4. The maximum absolute atomic E-state index is 6.25. The number of fused-ring (bicyclic) bond motifs is 1. The molecule has 0 saturated carbocycles. The molecule has 1 aromatic carbocycles. The van der Waals surface area contributed by atoms with Gasteiger partial charge in [-0.15, -0.1) is 0 Å². The lowest BCUT2D eigenvalue weighted by molar-refractivity contribution is 0.126. The molecule has 0 amide bonds. The number of hydrogen-bond donors (Lipinski definition) is 1. The van der Waals surface area contributed by atoms with Gasteiger partial charge >= 0.3 is 0 Å². The SMILES string of the molecule is COCC(C)(N)CC1CCOc2ccccc21. The molecule has 0 bridgehead atoms. The second-order valence-corrected chi connectivity index (χ2v) is 5.16. The van der Waals surface area contributed by atoms with Gasteiger partial charge in [0.2, 0.25) is 0 Å². The lowest BCUT2D eigenvalue weighted by atomic mass is 9.82. The highest BCUT2D eigenvalue weighted by Crippen LogP contribution is 2.37. The molecule has 0 saturated heterocycles. The monoisotopic (exact) mass is 235 g/mol. The minimum atomic E-state index is -0.274. The van der Waals surface area contributed by atoms with Crippen molar-refractivity contribution in [3.8, 4) is 5.75 Å². The van der Waals surface area contributed by atoms with E-state index >= 15 is 0 Å². The van der Waals surface area contributed by atoms with E-state index in [1.165, 1.54) is 5.56 Å². The Kier molecular flexibility index (Phi) is 3.69. The second-order valence-electron chi connectivity index (χ2n) is 5.16. The van der Waals surface area contributed by atoms with E-state index in [4.69, 9.17) is 15.2 Å². The van der Waals surface area contributed by atoms with E-state index in [2.05, 4.69) is 19.1 Å². The van der Waals surface area contributed by atoms with Crippen LogP contribution < -0.4 is 10.5 Å². The average molecular weight is 235 g/mol. The molecule has 3 nitrogen and oxygen atoms in total. The molecule has 2 N–H and O–H groups in total. The second kappa shape index (κ2) is 5.07. The van der Waals surface area contributed by atoms with Crippen LogP contribution in [0.25, 0.3) is 0 Å². The van der Waals surface area contributed by atoms with Gasteiger partial charge in [0.05, 0.1) is 13.2 Å². The average Bonchev–Trinajstić information content (AvgIpc) is 2.29. The smallest absolute Gasteiger partial charge is 0.122 e. The maximum atomic E-state index is 6.25. The maximum Gasteiger partial charge on any atom is 0.122 e. The Morgan fingerprint density at radius 3 is 3.00 bits per heavy atom. The molecule has 0 spiro atoms. The highest BCUT2D eigenvalue weighted by molar-refractivity contribution is 5.38. The van der Waals surface area contributed by atoms with E-state index in [1.54, 1.807) is 7.11 Å². The molecule has 2 unspecified atom stereocenters. The van der Waals surface area contributed by atoms with Crippen LogP contribution in [-0.2, 0) is 4.74 Å².